The van der Waals surface area contributed by atoms with Crippen molar-refractivity contribution in [3.8, 4) is 11.4 Å². The smallest absolute Gasteiger partial charge is 0.411 e. The van der Waals surface area contributed by atoms with Crippen LogP contribution < -0.4 is 20.2 Å². The van der Waals surface area contributed by atoms with Gasteiger partial charge in [-0.05, 0) is 28.7 Å². The minimum atomic E-state index is -1.17. The molecular formula is C34H38N6O5. The summed E-state index contributed by atoms with van der Waals surface area (Å²) in [6, 6.07) is 23.6. The molecule has 2 aromatic heterocycles. The van der Waals surface area contributed by atoms with Crippen LogP contribution in [0.25, 0.3) is 16.9 Å². The molecule has 0 atom stereocenters. The first-order valence-corrected chi connectivity index (χ1v) is 14.6. The summed E-state index contributed by atoms with van der Waals surface area (Å²) in [7, 11) is 3.02. The van der Waals surface area contributed by atoms with Crippen molar-refractivity contribution in [2.24, 2.45) is 0 Å². The first kappa shape index (κ1) is 31.3. The van der Waals surface area contributed by atoms with E-state index >= 15 is 0 Å². The summed E-state index contributed by atoms with van der Waals surface area (Å²) in [6.45, 7) is 7.65. The van der Waals surface area contributed by atoms with Gasteiger partial charge in [0.1, 0.15) is 24.2 Å². The highest BCUT2D eigenvalue weighted by Gasteiger charge is 2.28. The molecule has 0 fully saturated rings. The van der Waals surface area contributed by atoms with Crippen LogP contribution in [0.4, 0.5) is 16.3 Å². The van der Waals surface area contributed by atoms with Gasteiger partial charge in [-0.25, -0.2) is 24.1 Å². The van der Waals surface area contributed by atoms with Crippen LogP contribution in [0, 0.1) is 0 Å². The van der Waals surface area contributed by atoms with E-state index in [0.717, 1.165) is 21.6 Å². The van der Waals surface area contributed by atoms with Crippen molar-refractivity contribution in [2.45, 2.75) is 39.3 Å². The van der Waals surface area contributed by atoms with Crippen molar-refractivity contribution in [3.05, 3.63) is 106 Å². The number of carboxylic acid groups (broad SMARTS) is 1. The number of nitrogens with zero attached hydrogens (tertiary/aromatic N) is 5. The van der Waals surface area contributed by atoms with Gasteiger partial charge in [0.05, 0.1) is 18.0 Å². The molecule has 11 heteroatoms. The molecule has 0 aliphatic heterocycles. The van der Waals surface area contributed by atoms with E-state index in [1.165, 1.54) is 17.9 Å². The number of imidazole rings is 1. The summed E-state index contributed by atoms with van der Waals surface area (Å²) >= 11 is 0. The lowest BCUT2D eigenvalue weighted by molar-refractivity contribution is 0.145. The average Bonchev–Trinajstić information content (AvgIpc) is 3.36. The van der Waals surface area contributed by atoms with Crippen molar-refractivity contribution in [1.82, 2.24) is 19.5 Å². The summed E-state index contributed by atoms with van der Waals surface area (Å²) < 4.78 is 12.7. The molecule has 0 radical (unpaired) electrons. The Labute approximate surface area is 261 Å². The van der Waals surface area contributed by atoms with Crippen LogP contribution in [0.3, 0.4) is 0 Å². The lowest BCUT2D eigenvalue weighted by atomic mass is 9.85. The van der Waals surface area contributed by atoms with Gasteiger partial charge in [-0.2, -0.15) is 0 Å². The monoisotopic (exact) mass is 610 g/mol. The van der Waals surface area contributed by atoms with E-state index in [9.17, 15) is 14.7 Å². The molecular weight excluding hydrogens is 572 g/mol. The largest absolute Gasteiger partial charge is 0.489 e. The predicted octanol–water partition coefficient (Wildman–Crippen LogP) is 5.75. The molecule has 2 N–H and O–H groups in total. The van der Waals surface area contributed by atoms with E-state index in [1.54, 1.807) is 13.2 Å². The van der Waals surface area contributed by atoms with Gasteiger partial charge in [0.25, 0.3) is 0 Å². The van der Waals surface area contributed by atoms with Crippen molar-refractivity contribution in [1.29, 1.82) is 0 Å². The zero-order valence-electron chi connectivity index (χ0n) is 26.2. The number of hydrogen-bond donors (Lipinski definition) is 2. The number of aromatic nitrogens is 4. The van der Waals surface area contributed by atoms with Gasteiger partial charge in [-0.15, -0.1) is 0 Å². The van der Waals surface area contributed by atoms with E-state index < -0.39 is 17.2 Å². The van der Waals surface area contributed by atoms with Crippen molar-refractivity contribution in [2.75, 3.05) is 37.2 Å². The van der Waals surface area contributed by atoms with Crippen LogP contribution in [0.5, 0.6) is 5.75 Å². The number of rotatable bonds is 11. The molecule has 11 nitrogen and oxygen atoms in total. The zero-order valence-corrected chi connectivity index (χ0v) is 26.2. The summed E-state index contributed by atoms with van der Waals surface area (Å²) in [6.07, 6.45) is 0.277. The molecule has 0 spiro atoms. The molecule has 0 aliphatic rings. The van der Waals surface area contributed by atoms with Crippen LogP contribution >= 0.6 is 0 Å². The molecule has 1 amide bonds. The summed E-state index contributed by atoms with van der Waals surface area (Å²) in [4.78, 5) is 41.3. The zero-order chi connectivity index (χ0) is 32.1. The maximum absolute atomic E-state index is 13.7. The van der Waals surface area contributed by atoms with Crippen molar-refractivity contribution in [3.63, 3.8) is 0 Å². The predicted molar refractivity (Wildman–Crippen MR) is 175 cm³/mol. The Morgan fingerprint density at radius 3 is 2.13 bits per heavy atom. The first-order valence-electron chi connectivity index (χ1n) is 14.6. The van der Waals surface area contributed by atoms with Crippen molar-refractivity contribution < 1.29 is 19.4 Å². The molecule has 5 aromatic rings. The Bertz CT molecular complexity index is 1790. The average molecular weight is 611 g/mol. The number of aromatic amines is 1. The molecule has 5 rings (SSSR count). The molecule has 0 bridgehead atoms. The SMILES string of the molecule is COCCOc1c(N(C)C(=O)O)cc(-n2c(=O)[nH]c3c(N(Cc4ccccc4)Cc4ccccc4)ncnc32)cc1C(C)(C)C. The second kappa shape index (κ2) is 13.2. The highest BCUT2D eigenvalue weighted by molar-refractivity contribution is 5.90. The number of H-pyrrole nitrogens is 1. The van der Waals surface area contributed by atoms with E-state index in [1.807, 2.05) is 63.2 Å². The third-order valence-electron chi connectivity index (χ3n) is 7.49. The van der Waals surface area contributed by atoms with Gasteiger partial charge in [0.15, 0.2) is 11.5 Å². The van der Waals surface area contributed by atoms with Crippen LogP contribution in [-0.2, 0) is 23.2 Å². The molecule has 0 saturated heterocycles. The summed E-state index contributed by atoms with van der Waals surface area (Å²) in [5, 5.41) is 9.96. The fraction of sp³-hybridized carbons (Fsp3) is 0.294. The van der Waals surface area contributed by atoms with Crippen LogP contribution in [0.2, 0.25) is 0 Å². The Kier molecular flexibility index (Phi) is 9.19. The third kappa shape index (κ3) is 6.83. The highest BCUT2D eigenvalue weighted by atomic mass is 16.5. The fourth-order valence-electron chi connectivity index (χ4n) is 5.22. The Morgan fingerprint density at radius 2 is 1.58 bits per heavy atom. The molecule has 3 aromatic carbocycles. The fourth-order valence-corrected chi connectivity index (χ4v) is 5.22. The van der Waals surface area contributed by atoms with E-state index in [2.05, 4.69) is 44.1 Å². The second-order valence-electron chi connectivity index (χ2n) is 11.8. The van der Waals surface area contributed by atoms with Crippen LogP contribution in [-0.4, -0.2) is 58.1 Å². The van der Waals surface area contributed by atoms with Crippen molar-refractivity contribution >= 4 is 28.8 Å². The Morgan fingerprint density at radius 1 is 0.956 bits per heavy atom. The minimum absolute atomic E-state index is 0.224. The maximum atomic E-state index is 13.7. The lowest BCUT2D eigenvalue weighted by Crippen LogP contribution is -2.27. The lowest BCUT2D eigenvalue weighted by Gasteiger charge is -2.28. The Balaban J connectivity index is 1.69. The number of benzene rings is 3. The standard InChI is InChI=1S/C34H38N6O5/c1-34(2,3)26-18-25(19-27(38(4)33(42)43)29(26)45-17-16-44-5)40-31-28(37-32(40)41)30(35-22-36-31)39(20-23-12-8-6-9-13-23)21-24-14-10-7-11-15-24/h6-15,18-19,22H,16-17,20-21H2,1-5H3,(H,37,41)(H,42,43). The van der Waals surface area contributed by atoms with Gasteiger partial charge in [-0.1, -0.05) is 81.4 Å². The van der Waals surface area contributed by atoms with Crippen LogP contribution in [0.15, 0.2) is 83.9 Å². The molecule has 234 valence electrons. The topological polar surface area (TPSA) is 126 Å². The van der Waals surface area contributed by atoms with E-state index in [-0.39, 0.29) is 6.61 Å². The van der Waals surface area contributed by atoms with E-state index in [4.69, 9.17) is 9.47 Å². The minimum Gasteiger partial charge on any atom is -0.489 e. The number of carbonyl (C=O) groups is 1. The molecule has 0 aliphatic carbocycles. The molecule has 45 heavy (non-hydrogen) atoms. The van der Waals surface area contributed by atoms with Gasteiger partial charge < -0.3 is 24.5 Å². The normalized spacial score (nSPS) is 11.5. The second-order valence-corrected chi connectivity index (χ2v) is 11.8. The maximum Gasteiger partial charge on any atom is 0.411 e. The number of fused-ring (bicyclic) bond motifs is 1. The third-order valence-corrected chi connectivity index (χ3v) is 7.49. The number of nitrogens with one attached hydrogen (secondary N) is 1. The number of hydrogen-bond acceptors (Lipinski definition) is 7. The Hall–Kier alpha value is -5.16. The van der Waals surface area contributed by atoms with Gasteiger partial charge in [-0.3, -0.25) is 4.90 Å². The quantitative estimate of drug-likeness (QED) is 0.181. The van der Waals surface area contributed by atoms with Crippen LogP contribution in [0.1, 0.15) is 37.5 Å². The number of methoxy groups -OCH3 is 1. The number of ether oxygens (including phenoxy) is 2. The number of amides is 1. The van der Waals surface area contributed by atoms with Gasteiger partial charge in [0.2, 0.25) is 0 Å². The highest BCUT2D eigenvalue weighted by Crippen LogP contribution is 2.41. The first-order chi connectivity index (χ1) is 21.6. The number of anilines is 2. The molecule has 0 saturated carbocycles. The van der Waals surface area contributed by atoms with Gasteiger partial charge >= 0.3 is 11.8 Å². The summed E-state index contributed by atoms with van der Waals surface area (Å²) in [5.41, 5.74) is 3.59. The molecule has 0 unspecified atom stereocenters. The van der Waals surface area contributed by atoms with Gasteiger partial charge in [0, 0.05) is 32.8 Å². The van der Waals surface area contributed by atoms with E-state index in [0.29, 0.717) is 53.8 Å². The summed E-state index contributed by atoms with van der Waals surface area (Å²) in [5.74, 6) is 0.982. The molecule has 2 heterocycles.